The monoisotopic (exact) mass is 465 g/mol. The van der Waals surface area contributed by atoms with E-state index in [4.69, 9.17) is 11.6 Å². The number of halogens is 1. The molecule has 5 rings (SSSR count). The van der Waals surface area contributed by atoms with Crippen LogP contribution in [0.5, 0.6) is 0 Å². The van der Waals surface area contributed by atoms with Gasteiger partial charge in [0, 0.05) is 43.0 Å². The number of hydrogen-bond acceptors (Lipinski definition) is 3. The average molecular weight is 466 g/mol. The van der Waals surface area contributed by atoms with Crippen molar-refractivity contribution in [3.63, 3.8) is 0 Å². The Kier molecular flexibility index (Phi) is 6.17. The maximum atomic E-state index is 13.5. The molecule has 33 heavy (non-hydrogen) atoms. The van der Waals surface area contributed by atoms with Crippen LogP contribution in [0.25, 0.3) is 0 Å². The number of hydrogen-bond donors (Lipinski definition) is 1. The van der Waals surface area contributed by atoms with E-state index in [-0.39, 0.29) is 28.6 Å². The smallest absolute Gasteiger partial charge is 0.233 e. The Morgan fingerprint density at radius 3 is 2.36 bits per heavy atom. The lowest BCUT2D eigenvalue weighted by atomic mass is 9.63. The zero-order valence-electron chi connectivity index (χ0n) is 19.1. The van der Waals surface area contributed by atoms with Gasteiger partial charge < -0.3 is 10.2 Å². The van der Waals surface area contributed by atoms with Gasteiger partial charge in [-0.2, -0.15) is 0 Å². The zero-order valence-corrected chi connectivity index (χ0v) is 19.8. The van der Waals surface area contributed by atoms with Gasteiger partial charge in [0.1, 0.15) is 0 Å². The van der Waals surface area contributed by atoms with Gasteiger partial charge in [-0.1, -0.05) is 30.2 Å². The van der Waals surface area contributed by atoms with Gasteiger partial charge >= 0.3 is 0 Å². The first kappa shape index (κ1) is 22.4. The standard InChI is InChI=1S/C27H32ClN3O2/c28-22-6-4-21(5-7-22)27(10-2-11-27)25(33)31-17-12-26(13-18-31)19-23(26)24(32)30-14-1-3-20-8-15-29-16-9-20/h4-9,15-16,23H,1-3,10-14,17-19H2,(H,30,32)/t23-/m0/s1. The molecule has 6 heteroatoms. The first-order chi connectivity index (χ1) is 16.0. The molecule has 5 nitrogen and oxygen atoms in total. The van der Waals surface area contributed by atoms with Crippen molar-refractivity contribution in [2.45, 2.75) is 56.8 Å². The summed E-state index contributed by atoms with van der Waals surface area (Å²) in [4.78, 5) is 32.4. The van der Waals surface area contributed by atoms with E-state index < -0.39 is 0 Å². The van der Waals surface area contributed by atoms with Crippen LogP contribution in [0.4, 0.5) is 0 Å². The van der Waals surface area contributed by atoms with Crippen LogP contribution in [0.3, 0.4) is 0 Å². The molecule has 2 heterocycles. The molecular weight excluding hydrogens is 434 g/mol. The normalized spacial score (nSPS) is 22.5. The van der Waals surface area contributed by atoms with E-state index in [1.165, 1.54) is 5.56 Å². The number of carbonyl (C=O) groups excluding carboxylic acids is 2. The van der Waals surface area contributed by atoms with E-state index in [9.17, 15) is 9.59 Å². The van der Waals surface area contributed by atoms with Crippen LogP contribution in [-0.4, -0.2) is 41.3 Å². The molecule has 0 bridgehead atoms. The number of aromatic nitrogens is 1. The van der Waals surface area contributed by atoms with E-state index in [0.717, 1.165) is 70.0 Å². The highest BCUT2D eigenvalue weighted by atomic mass is 35.5. The molecule has 2 amide bonds. The Bertz CT molecular complexity index is 996. The van der Waals surface area contributed by atoms with E-state index >= 15 is 0 Å². The van der Waals surface area contributed by atoms with Crippen LogP contribution < -0.4 is 5.32 Å². The summed E-state index contributed by atoms with van der Waals surface area (Å²) < 4.78 is 0. The van der Waals surface area contributed by atoms with Gasteiger partial charge in [0.15, 0.2) is 0 Å². The van der Waals surface area contributed by atoms with Crippen molar-refractivity contribution < 1.29 is 9.59 Å². The second kappa shape index (κ2) is 9.09. The quantitative estimate of drug-likeness (QED) is 0.611. The minimum Gasteiger partial charge on any atom is -0.356 e. The van der Waals surface area contributed by atoms with Gasteiger partial charge in [0.2, 0.25) is 11.8 Å². The lowest BCUT2D eigenvalue weighted by molar-refractivity contribution is -0.142. The molecule has 2 aromatic rings. The van der Waals surface area contributed by atoms with Crippen LogP contribution in [0.15, 0.2) is 48.8 Å². The third-order valence-electron chi connectivity index (χ3n) is 8.26. The molecule has 0 unspecified atom stereocenters. The van der Waals surface area contributed by atoms with Gasteiger partial charge in [-0.25, -0.2) is 0 Å². The third-order valence-corrected chi connectivity index (χ3v) is 8.51. The van der Waals surface area contributed by atoms with Crippen LogP contribution in [-0.2, 0) is 21.4 Å². The maximum Gasteiger partial charge on any atom is 0.233 e. The number of benzene rings is 1. The number of nitrogens with one attached hydrogen (secondary N) is 1. The summed E-state index contributed by atoms with van der Waals surface area (Å²) in [5.41, 5.74) is 2.09. The maximum absolute atomic E-state index is 13.5. The molecule has 3 fully saturated rings. The highest BCUT2D eigenvalue weighted by molar-refractivity contribution is 6.30. The SMILES string of the molecule is O=C(NCCCc1ccncc1)[C@@H]1CC12CCN(C(=O)C1(c3ccc(Cl)cc3)CCC1)CC2. The highest BCUT2D eigenvalue weighted by Gasteiger charge is 2.59. The highest BCUT2D eigenvalue weighted by Crippen LogP contribution is 2.60. The van der Waals surface area contributed by atoms with Gasteiger partial charge in [-0.15, -0.1) is 0 Å². The van der Waals surface area contributed by atoms with Crippen molar-refractivity contribution in [3.8, 4) is 0 Å². The van der Waals surface area contributed by atoms with Crippen molar-refractivity contribution in [1.82, 2.24) is 15.2 Å². The number of carbonyl (C=O) groups is 2. The molecule has 1 aliphatic heterocycles. The van der Waals surface area contributed by atoms with Crippen LogP contribution in [0.1, 0.15) is 56.1 Å². The van der Waals surface area contributed by atoms with E-state index in [1.54, 1.807) is 12.4 Å². The number of rotatable bonds is 7. The molecule has 1 aromatic carbocycles. The largest absolute Gasteiger partial charge is 0.356 e. The second-order valence-electron chi connectivity index (χ2n) is 10.1. The van der Waals surface area contributed by atoms with E-state index in [2.05, 4.69) is 15.2 Å². The Hall–Kier alpha value is -2.40. The fraction of sp³-hybridized carbons (Fsp3) is 0.519. The molecule has 3 aliphatic rings. The summed E-state index contributed by atoms with van der Waals surface area (Å²) in [6, 6.07) is 11.8. The Morgan fingerprint density at radius 1 is 1.03 bits per heavy atom. The number of piperidine rings is 1. The van der Waals surface area contributed by atoms with Crippen LogP contribution >= 0.6 is 11.6 Å². The van der Waals surface area contributed by atoms with Gasteiger partial charge in [-0.05, 0) is 85.8 Å². The average Bonchev–Trinajstić information content (AvgIpc) is 3.51. The number of pyridine rings is 1. The minimum absolute atomic E-state index is 0.110. The van der Waals surface area contributed by atoms with Crippen molar-refractivity contribution in [2.75, 3.05) is 19.6 Å². The predicted octanol–water partition coefficient (Wildman–Crippen LogP) is 4.53. The van der Waals surface area contributed by atoms with Gasteiger partial charge in [-0.3, -0.25) is 14.6 Å². The molecule has 0 radical (unpaired) electrons. The predicted molar refractivity (Wildman–Crippen MR) is 129 cm³/mol. The Morgan fingerprint density at radius 2 is 1.73 bits per heavy atom. The Balaban J connectivity index is 1.10. The molecule has 2 aliphatic carbocycles. The second-order valence-corrected chi connectivity index (χ2v) is 10.5. The molecule has 2 saturated carbocycles. The molecule has 1 aromatic heterocycles. The summed E-state index contributed by atoms with van der Waals surface area (Å²) in [5.74, 6) is 0.578. The number of amides is 2. The number of likely N-dealkylation sites (tertiary alicyclic amines) is 1. The molecule has 1 saturated heterocycles. The first-order valence-electron chi connectivity index (χ1n) is 12.2. The summed E-state index contributed by atoms with van der Waals surface area (Å²) in [6.07, 6.45) is 11.3. The molecule has 174 valence electrons. The Labute approximate surface area is 200 Å². The molecule has 1 spiro atoms. The van der Waals surface area contributed by atoms with Crippen molar-refractivity contribution in [1.29, 1.82) is 0 Å². The van der Waals surface area contributed by atoms with Crippen molar-refractivity contribution >= 4 is 23.4 Å². The lowest BCUT2D eigenvalue weighted by Gasteiger charge is -2.46. The topological polar surface area (TPSA) is 62.3 Å². The van der Waals surface area contributed by atoms with E-state index in [0.29, 0.717) is 11.6 Å². The van der Waals surface area contributed by atoms with E-state index in [1.807, 2.05) is 36.4 Å². The summed E-state index contributed by atoms with van der Waals surface area (Å²) >= 11 is 6.07. The fourth-order valence-corrected chi connectivity index (χ4v) is 5.96. The minimum atomic E-state index is -0.371. The fourth-order valence-electron chi connectivity index (χ4n) is 5.83. The molecule has 1 N–H and O–H groups in total. The van der Waals surface area contributed by atoms with Crippen LogP contribution in [0, 0.1) is 11.3 Å². The summed E-state index contributed by atoms with van der Waals surface area (Å²) in [7, 11) is 0. The van der Waals surface area contributed by atoms with Gasteiger partial charge in [0.25, 0.3) is 0 Å². The van der Waals surface area contributed by atoms with Gasteiger partial charge in [0.05, 0.1) is 5.41 Å². The lowest BCUT2D eigenvalue weighted by Crippen LogP contribution is -2.53. The first-order valence-corrected chi connectivity index (χ1v) is 12.6. The third kappa shape index (κ3) is 4.40. The van der Waals surface area contributed by atoms with Crippen molar-refractivity contribution in [2.24, 2.45) is 11.3 Å². The zero-order chi connectivity index (χ0) is 22.9. The number of aryl methyl sites for hydroxylation is 1. The summed E-state index contributed by atoms with van der Waals surface area (Å²) in [6.45, 7) is 2.24. The van der Waals surface area contributed by atoms with Crippen LogP contribution in [0.2, 0.25) is 5.02 Å². The number of nitrogens with zero attached hydrogens (tertiary/aromatic N) is 2. The van der Waals surface area contributed by atoms with Crippen molar-refractivity contribution in [3.05, 3.63) is 64.9 Å². The molecular formula is C27H32ClN3O2. The molecule has 1 atom stereocenters. The summed E-state index contributed by atoms with van der Waals surface area (Å²) in [5, 5.41) is 3.85.